The van der Waals surface area contributed by atoms with Crippen LogP contribution in [0, 0.1) is 0 Å². The van der Waals surface area contributed by atoms with Crippen LogP contribution in [0.1, 0.15) is 18.4 Å². The SMILES string of the molecule is COc1cccc(NC2(CO)CCN(Cc3ccccc3)CC2)c1. The van der Waals surface area contributed by atoms with Crippen molar-refractivity contribution in [1.82, 2.24) is 4.90 Å². The molecule has 4 nitrogen and oxygen atoms in total. The molecule has 0 aliphatic carbocycles. The number of nitrogens with one attached hydrogen (secondary N) is 1. The molecule has 4 heteroatoms. The van der Waals surface area contributed by atoms with Crippen LogP contribution in [0.15, 0.2) is 54.6 Å². The minimum absolute atomic E-state index is 0.142. The predicted molar refractivity (Wildman–Crippen MR) is 97.4 cm³/mol. The van der Waals surface area contributed by atoms with E-state index in [4.69, 9.17) is 4.74 Å². The molecule has 0 atom stereocenters. The number of piperidine rings is 1. The van der Waals surface area contributed by atoms with Crippen LogP contribution >= 0.6 is 0 Å². The summed E-state index contributed by atoms with van der Waals surface area (Å²) in [5.41, 5.74) is 2.09. The van der Waals surface area contributed by atoms with Gasteiger partial charge in [0.15, 0.2) is 0 Å². The summed E-state index contributed by atoms with van der Waals surface area (Å²) in [6.45, 7) is 3.07. The molecule has 0 radical (unpaired) electrons. The number of aliphatic hydroxyl groups is 1. The number of ether oxygens (including phenoxy) is 1. The van der Waals surface area contributed by atoms with Gasteiger partial charge in [-0.1, -0.05) is 36.4 Å². The van der Waals surface area contributed by atoms with E-state index in [1.54, 1.807) is 7.11 Å². The molecule has 0 spiro atoms. The first-order chi connectivity index (χ1) is 11.7. The number of rotatable bonds is 6. The number of benzene rings is 2. The Morgan fingerprint density at radius 1 is 1.08 bits per heavy atom. The Bertz CT molecular complexity index is 637. The van der Waals surface area contributed by atoms with Crippen LogP contribution in [0.4, 0.5) is 5.69 Å². The number of methoxy groups -OCH3 is 1. The monoisotopic (exact) mass is 326 g/mol. The van der Waals surface area contributed by atoms with Gasteiger partial charge >= 0.3 is 0 Å². The molecule has 24 heavy (non-hydrogen) atoms. The van der Waals surface area contributed by atoms with Crippen molar-refractivity contribution in [3.8, 4) is 5.75 Å². The fourth-order valence-corrected chi connectivity index (χ4v) is 3.31. The standard InChI is InChI=1S/C20H26N2O2/c1-24-19-9-5-8-18(14-19)21-20(16-23)10-12-22(13-11-20)15-17-6-3-2-4-7-17/h2-9,14,21,23H,10-13,15-16H2,1H3. The van der Waals surface area contributed by atoms with Crippen molar-refractivity contribution in [3.63, 3.8) is 0 Å². The van der Waals surface area contributed by atoms with E-state index in [2.05, 4.69) is 40.5 Å². The first kappa shape index (κ1) is 16.8. The summed E-state index contributed by atoms with van der Waals surface area (Å²) in [4.78, 5) is 2.45. The second kappa shape index (κ2) is 7.69. The van der Waals surface area contributed by atoms with Gasteiger partial charge in [0.05, 0.1) is 19.3 Å². The molecule has 1 saturated heterocycles. The number of hydrogen-bond donors (Lipinski definition) is 2. The summed E-state index contributed by atoms with van der Waals surface area (Å²) in [6, 6.07) is 18.5. The number of hydrogen-bond acceptors (Lipinski definition) is 4. The Labute approximate surface area is 144 Å². The van der Waals surface area contributed by atoms with E-state index in [0.29, 0.717) is 0 Å². The lowest BCUT2D eigenvalue weighted by atomic mass is 9.87. The zero-order chi connectivity index (χ0) is 16.8. The van der Waals surface area contributed by atoms with Gasteiger partial charge in [-0.05, 0) is 30.5 Å². The summed E-state index contributed by atoms with van der Waals surface area (Å²) in [5.74, 6) is 0.828. The van der Waals surface area contributed by atoms with Crippen LogP contribution in [0.3, 0.4) is 0 Å². The van der Waals surface area contributed by atoms with Gasteiger partial charge in [-0.3, -0.25) is 4.90 Å². The average molecular weight is 326 g/mol. The van der Waals surface area contributed by atoms with Crippen molar-refractivity contribution in [2.75, 3.05) is 32.1 Å². The Kier molecular flexibility index (Phi) is 5.38. The van der Waals surface area contributed by atoms with Gasteiger partial charge < -0.3 is 15.2 Å². The summed E-state index contributed by atoms with van der Waals surface area (Å²) in [7, 11) is 1.67. The number of likely N-dealkylation sites (tertiary alicyclic amines) is 1. The molecule has 1 aliphatic rings. The highest BCUT2D eigenvalue weighted by Gasteiger charge is 2.34. The van der Waals surface area contributed by atoms with E-state index >= 15 is 0 Å². The molecule has 0 saturated carbocycles. The zero-order valence-electron chi connectivity index (χ0n) is 14.2. The topological polar surface area (TPSA) is 44.7 Å². The van der Waals surface area contributed by atoms with Gasteiger partial charge in [-0.15, -0.1) is 0 Å². The van der Waals surface area contributed by atoms with Gasteiger partial charge in [0, 0.05) is 31.4 Å². The number of nitrogens with zero attached hydrogens (tertiary/aromatic N) is 1. The van der Waals surface area contributed by atoms with E-state index in [1.165, 1.54) is 5.56 Å². The zero-order valence-corrected chi connectivity index (χ0v) is 14.2. The van der Waals surface area contributed by atoms with Gasteiger partial charge in [-0.25, -0.2) is 0 Å². The smallest absolute Gasteiger partial charge is 0.120 e. The molecule has 1 fully saturated rings. The molecule has 1 heterocycles. The highest BCUT2D eigenvalue weighted by atomic mass is 16.5. The molecule has 128 valence electrons. The fourth-order valence-electron chi connectivity index (χ4n) is 3.31. The molecule has 0 amide bonds. The third kappa shape index (κ3) is 4.08. The lowest BCUT2D eigenvalue weighted by molar-refractivity contribution is 0.115. The summed E-state index contributed by atoms with van der Waals surface area (Å²) in [5, 5.41) is 13.5. The molecular formula is C20H26N2O2. The second-order valence-corrected chi connectivity index (χ2v) is 6.56. The quantitative estimate of drug-likeness (QED) is 0.856. The van der Waals surface area contributed by atoms with E-state index in [9.17, 15) is 5.11 Å². The van der Waals surface area contributed by atoms with Crippen LogP contribution in [0.5, 0.6) is 5.75 Å². The first-order valence-corrected chi connectivity index (χ1v) is 8.52. The van der Waals surface area contributed by atoms with Gasteiger partial charge in [-0.2, -0.15) is 0 Å². The summed E-state index contributed by atoms with van der Waals surface area (Å²) >= 11 is 0. The Balaban J connectivity index is 1.61. The maximum Gasteiger partial charge on any atom is 0.120 e. The van der Waals surface area contributed by atoms with Gasteiger partial charge in [0.25, 0.3) is 0 Å². The van der Waals surface area contributed by atoms with Crippen LogP contribution in [0.25, 0.3) is 0 Å². The van der Waals surface area contributed by atoms with Crippen LogP contribution in [0.2, 0.25) is 0 Å². The van der Waals surface area contributed by atoms with Gasteiger partial charge in [0.1, 0.15) is 5.75 Å². The lowest BCUT2D eigenvalue weighted by Crippen LogP contribution is -2.51. The molecule has 2 aromatic carbocycles. The Hall–Kier alpha value is -2.04. The van der Waals surface area contributed by atoms with Crippen LogP contribution in [-0.4, -0.2) is 42.4 Å². The maximum atomic E-state index is 9.99. The minimum Gasteiger partial charge on any atom is -0.497 e. The highest BCUT2D eigenvalue weighted by Crippen LogP contribution is 2.29. The molecule has 0 bridgehead atoms. The second-order valence-electron chi connectivity index (χ2n) is 6.56. The van der Waals surface area contributed by atoms with Crippen molar-refractivity contribution in [2.24, 2.45) is 0 Å². The van der Waals surface area contributed by atoms with E-state index in [1.807, 2.05) is 24.3 Å². The summed E-state index contributed by atoms with van der Waals surface area (Å²) in [6.07, 6.45) is 1.85. The first-order valence-electron chi connectivity index (χ1n) is 8.52. The van der Waals surface area contributed by atoms with E-state index in [0.717, 1.165) is 43.9 Å². The molecule has 0 aromatic heterocycles. The lowest BCUT2D eigenvalue weighted by Gasteiger charge is -2.42. The Morgan fingerprint density at radius 2 is 1.83 bits per heavy atom. The Morgan fingerprint density at radius 3 is 2.50 bits per heavy atom. The van der Waals surface area contributed by atoms with Gasteiger partial charge in [0.2, 0.25) is 0 Å². The van der Waals surface area contributed by atoms with Crippen LogP contribution < -0.4 is 10.1 Å². The van der Waals surface area contributed by atoms with Crippen molar-refractivity contribution >= 4 is 5.69 Å². The highest BCUT2D eigenvalue weighted by molar-refractivity contribution is 5.50. The van der Waals surface area contributed by atoms with Crippen LogP contribution in [-0.2, 0) is 6.54 Å². The normalized spacial score (nSPS) is 17.4. The number of anilines is 1. The van der Waals surface area contributed by atoms with Crippen molar-refractivity contribution < 1.29 is 9.84 Å². The molecule has 2 N–H and O–H groups in total. The minimum atomic E-state index is -0.250. The third-order valence-electron chi connectivity index (χ3n) is 4.84. The summed E-state index contributed by atoms with van der Waals surface area (Å²) < 4.78 is 5.28. The third-order valence-corrected chi connectivity index (χ3v) is 4.84. The molecule has 1 aliphatic heterocycles. The molecule has 3 rings (SSSR count). The van der Waals surface area contributed by atoms with Crippen molar-refractivity contribution in [2.45, 2.75) is 24.9 Å². The predicted octanol–water partition coefficient (Wildman–Crippen LogP) is 3.13. The maximum absolute atomic E-state index is 9.99. The molecular weight excluding hydrogens is 300 g/mol. The van der Waals surface area contributed by atoms with E-state index < -0.39 is 0 Å². The van der Waals surface area contributed by atoms with Crippen molar-refractivity contribution in [3.05, 3.63) is 60.2 Å². The molecule has 0 unspecified atom stereocenters. The largest absolute Gasteiger partial charge is 0.497 e. The van der Waals surface area contributed by atoms with E-state index in [-0.39, 0.29) is 12.1 Å². The molecule has 2 aromatic rings. The average Bonchev–Trinajstić information content (AvgIpc) is 2.64. The van der Waals surface area contributed by atoms with Crippen molar-refractivity contribution in [1.29, 1.82) is 0 Å². The number of aliphatic hydroxyl groups excluding tert-OH is 1. The fraction of sp³-hybridized carbons (Fsp3) is 0.400.